The van der Waals surface area contributed by atoms with Gasteiger partial charge in [-0.25, -0.2) is 0 Å². The number of benzene rings is 1. The van der Waals surface area contributed by atoms with Gasteiger partial charge in [0.2, 0.25) is 0 Å². The maximum absolute atomic E-state index is 9.76. The van der Waals surface area contributed by atoms with Gasteiger partial charge in [0.1, 0.15) is 5.75 Å². The van der Waals surface area contributed by atoms with Crippen LogP contribution in [0.3, 0.4) is 0 Å². The molecule has 1 aliphatic heterocycles. The summed E-state index contributed by atoms with van der Waals surface area (Å²) in [6, 6.07) is 5.75. The largest absolute Gasteiger partial charge is 0.508 e. The van der Waals surface area contributed by atoms with Gasteiger partial charge in [0, 0.05) is 0 Å². The molecule has 100 valence electrons. The van der Waals surface area contributed by atoms with Gasteiger partial charge in [0.05, 0.1) is 19.4 Å². The van der Waals surface area contributed by atoms with Crippen LogP contribution in [0.25, 0.3) is 0 Å². The molecule has 0 saturated carbocycles. The van der Waals surface area contributed by atoms with Gasteiger partial charge in [-0.15, -0.1) is 0 Å². The number of aromatic hydroxyl groups is 1. The predicted octanol–water partition coefficient (Wildman–Crippen LogP) is 4.36. The molecule has 0 amide bonds. The lowest BCUT2D eigenvalue weighted by atomic mass is 9.87. The highest BCUT2D eigenvalue weighted by molar-refractivity contribution is 6.77. The van der Waals surface area contributed by atoms with Crippen LogP contribution in [0.4, 0.5) is 0 Å². The molecule has 1 heterocycles. The summed E-state index contributed by atoms with van der Waals surface area (Å²) in [6.07, 6.45) is 1.98. The lowest BCUT2D eigenvalue weighted by Gasteiger charge is -2.32. The van der Waals surface area contributed by atoms with E-state index in [9.17, 15) is 5.11 Å². The van der Waals surface area contributed by atoms with E-state index in [0.717, 1.165) is 12.8 Å². The number of fused-ring (bicyclic) bond motifs is 1. The maximum Gasteiger partial charge on any atom is 0.115 e. The van der Waals surface area contributed by atoms with Crippen LogP contribution in [-0.2, 0) is 10.3 Å². The number of hydrogen-bond acceptors (Lipinski definition) is 2. The molecule has 1 aliphatic rings. The first-order chi connectivity index (χ1) is 8.34. The standard InChI is InChI=1S/C15H24O2Si/c1-6-15(7-2)13-9-8-11(16)10-12(13)14(17-15)18(3,4)5/h8-10,14,16H,6-7H2,1-5H3. The van der Waals surface area contributed by atoms with Crippen molar-refractivity contribution in [3.05, 3.63) is 29.3 Å². The Morgan fingerprint density at radius 1 is 1.22 bits per heavy atom. The molecule has 0 bridgehead atoms. The number of rotatable bonds is 3. The molecule has 0 fully saturated rings. The van der Waals surface area contributed by atoms with Gasteiger partial charge in [0.25, 0.3) is 0 Å². The normalized spacial score (nSPS) is 21.9. The molecule has 1 aromatic carbocycles. The summed E-state index contributed by atoms with van der Waals surface area (Å²) in [4.78, 5) is 0. The van der Waals surface area contributed by atoms with Crippen molar-refractivity contribution in [2.24, 2.45) is 0 Å². The topological polar surface area (TPSA) is 29.5 Å². The van der Waals surface area contributed by atoms with Crippen LogP contribution in [0.1, 0.15) is 43.5 Å². The molecule has 0 aromatic heterocycles. The van der Waals surface area contributed by atoms with E-state index in [0.29, 0.717) is 5.75 Å². The molecule has 3 heteroatoms. The van der Waals surface area contributed by atoms with Gasteiger partial charge in [0.15, 0.2) is 0 Å². The third-order valence-electron chi connectivity index (χ3n) is 4.08. The van der Waals surface area contributed by atoms with E-state index in [-0.39, 0.29) is 11.3 Å². The Morgan fingerprint density at radius 2 is 1.83 bits per heavy atom. The Bertz CT molecular complexity index is 444. The van der Waals surface area contributed by atoms with Gasteiger partial charge in [-0.2, -0.15) is 0 Å². The molecule has 0 aliphatic carbocycles. The van der Waals surface area contributed by atoms with Crippen molar-refractivity contribution < 1.29 is 9.84 Å². The minimum Gasteiger partial charge on any atom is -0.508 e. The van der Waals surface area contributed by atoms with Crippen molar-refractivity contribution in [3.8, 4) is 5.75 Å². The molecule has 0 spiro atoms. The molecule has 1 atom stereocenters. The van der Waals surface area contributed by atoms with E-state index in [1.807, 2.05) is 6.07 Å². The average molecular weight is 264 g/mol. The first-order valence-electron chi connectivity index (χ1n) is 6.85. The number of ether oxygens (including phenoxy) is 1. The summed E-state index contributed by atoms with van der Waals surface area (Å²) in [5.74, 6) is 0.351. The fraction of sp³-hybridized carbons (Fsp3) is 0.600. The van der Waals surface area contributed by atoms with E-state index in [1.54, 1.807) is 6.07 Å². The van der Waals surface area contributed by atoms with Crippen LogP contribution in [0.15, 0.2) is 18.2 Å². The monoisotopic (exact) mass is 264 g/mol. The Hall–Kier alpha value is -0.803. The number of hydrogen-bond donors (Lipinski definition) is 1. The van der Waals surface area contributed by atoms with Crippen LogP contribution in [0.2, 0.25) is 19.6 Å². The second-order valence-electron chi connectivity index (χ2n) is 6.34. The van der Waals surface area contributed by atoms with E-state index in [2.05, 4.69) is 39.6 Å². The zero-order chi connectivity index (χ0) is 13.6. The maximum atomic E-state index is 9.76. The first kappa shape index (κ1) is 13.6. The van der Waals surface area contributed by atoms with Crippen molar-refractivity contribution in [1.29, 1.82) is 0 Å². The SMILES string of the molecule is CCC1(CC)OC([Si](C)(C)C)c2cc(O)ccc21. The summed E-state index contributed by atoms with van der Waals surface area (Å²) >= 11 is 0. The third-order valence-corrected chi connectivity index (χ3v) is 6.08. The molecule has 1 N–H and O–H groups in total. The van der Waals surface area contributed by atoms with Gasteiger partial charge in [-0.3, -0.25) is 0 Å². The van der Waals surface area contributed by atoms with Crippen molar-refractivity contribution in [2.45, 2.75) is 57.7 Å². The summed E-state index contributed by atoms with van der Waals surface area (Å²) < 4.78 is 6.49. The van der Waals surface area contributed by atoms with Gasteiger partial charge < -0.3 is 9.84 Å². The summed E-state index contributed by atoms with van der Waals surface area (Å²) in [6.45, 7) is 11.4. The van der Waals surface area contributed by atoms with Gasteiger partial charge in [-0.05, 0) is 36.1 Å². The van der Waals surface area contributed by atoms with E-state index >= 15 is 0 Å². The van der Waals surface area contributed by atoms with Crippen molar-refractivity contribution >= 4 is 8.07 Å². The summed E-state index contributed by atoms with van der Waals surface area (Å²) in [7, 11) is -1.45. The number of phenols is 1. The fourth-order valence-electron chi connectivity index (χ4n) is 2.98. The van der Waals surface area contributed by atoms with Crippen LogP contribution in [0, 0.1) is 0 Å². The van der Waals surface area contributed by atoms with Crippen LogP contribution >= 0.6 is 0 Å². The zero-order valence-corrected chi connectivity index (χ0v) is 13.1. The summed E-state index contributed by atoms with van der Waals surface area (Å²) in [5.41, 5.74) is 2.56. The molecule has 18 heavy (non-hydrogen) atoms. The van der Waals surface area contributed by atoms with Crippen molar-refractivity contribution in [3.63, 3.8) is 0 Å². The second kappa shape index (κ2) is 4.39. The highest BCUT2D eigenvalue weighted by Gasteiger charge is 2.47. The molecule has 2 rings (SSSR count). The Kier molecular flexibility index (Phi) is 3.32. The van der Waals surface area contributed by atoms with E-state index in [1.165, 1.54) is 11.1 Å². The highest BCUT2D eigenvalue weighted by atomic mass is 28.3. The minimum atomic E-state index is -1.45. The predicted molar refractivity (Wildman–Crippen MR) is 77.5 cm³/mol. The molecule has 0 saturated heterocycles. The Labute approximate surface area is 111 Å². The zero-order valence-electron chi connectivity index (χ0n) is 12.1. The van der Waals surface area contributed by atoms with Crippen LogP contribution < -0.4 is 0 Å². The quantitative estimate of drug-likeness (QED) is 0.822. The molecule has 0 radical (unpaired) electrons. The average Bonchev–Trinajstić information content (AvgIpc) is 2.63. The Morgan fingerprint density at radius 3 is 2.33 bits per heavy atom. The molecular weight excluding hydrogens is 240 g/mol. The molecule has 1 aromatic rings. The summed E-state index contributed by atoms with van der Waals surface area (Å²) in [5, 5.41) is 9.76. The smallest absolute Gasteiger partial charge is 0.115 e. The highest BCUT2D eigenvalue weighted by Crippen LogP contribution is 2.51. The lowest BCUT2D eigenvalue weighted by Crippen LogP contribution is -2.33. The van der Waals surface area contributed by atoms with Gasteiger partial charge >= 0.3 is 0 Å². The molecule has 2 nitrogen and oxygen atoms in total. The van der Waals surface area contributed by atoms with Crippen LogP contribution in [-0.4, -0.2) is 13.2 Å². The molecular formula is C15H24O2Si. The van der Waals surface area contributed by atoms with Crippen molar-refractivity contribution in [1.82, 2.24) is 0 Å². The van der Waals surface area contributed by atoms with Crippen molar-refractivity contribution in [2.75, 3.05) is 0 Å². The number of phenolic OH excluding ortho intramolecular Hbond substituents is 1. The van der Waals surface area contributed by atoms with Gasteiger partial charge in [-0.1, -0.05) is 39.6 Å². The third kappa shape index (κ3) is 1.99. The minimum absolute atomic E-state index is 0.145. The fourth-order valence-corrected chi connectivity index (χ4v) is 4.73. The van der Waals surface area contributed by atoms with E-state index in [4.69, 9.17) is 4.74 Å². The van der Waals surface area contributed by atoms with E-state index < -0.39 is 8.07 Å². The molecule has 1 unspecified atom stereocenters. The first-order valence-corrected chi connectivity index (χ1v) is 10.4. The second-order valence-corrected chi connectivity index (χ2v) is 11.6. The Balaban J connectivity index is 2.59. The van der Waals surface area contributed by atoms with Crippen LogP contribution in [0.5, 0.6) is 5.75 Å². The lowest BCUT2D eigenvalue weighted by molar-refractivity contribution is -0.0554.